The van der Waals surface area contributed by atoms with Crippen molar-refractivity contribution in [3.8, 4) is 0 Å². The van der Waals surface area contributed by atoms with Crippen molar-refractivity contribution in [1.82, 2.24) is 20.0 Å². The normalized spacial score (nSPS) is 10.2. The molecule has 0 saturated carbocycles. The Kier molecular flexibility index (Phi) is 2.75. The molecule has 3 N–H and O–H groups in total. The molecule has 2 rings (SSSR count). The molecule has 0 bridgehead atoms. The summed E-state index contributed by atoms with van der Waals surface area (Å²) in [5.41, 5.74) is 2.86. The quantitative estimate of drug-likeness (QED) is 0.435. The number of imidazole rings is 1. The Morgan fingerprint density at radius 2 is 2.53 bits per heavy atom. The van der Waals surface area contributed by atoms with E-state index < -0.39 is 0 Å². The summed E-state index contributed by atoms with van der Waals surface area (Å²) in [5, 5.41) is 2.19. The van der Waals surface area contributed by atoms with Gasteiger partial charge in [0.15, 0.2) is 5.01 Å². The Labute approximate surface area is 89.7 Å². The third-order valence-electron chi connectivity index (χ3n) is 1.78. The van der Waals surface area contributed by atoms with Crippen molar-refractivity contribution in [2.75, 3.05) is 0 Å². The topological polar surface area (TPSA) is 85.8 Å². The van der Waals surface area contributed by atoms with Crippen LogP contribution in [0.2, 0.25) is 0 Å². The number of nitrogens with two attached hydrogens (primary N) is 1. The summed E-state index contributed by atoms with van der Waals surface area (Å²) in [4.78, 5) is 19.2. The van der Waals surface area contributed by atoms with Gasteiger partial charge in [-0.1, -0.05) is 0 Å². The second-order valence-corrected chi connectivity index (χ2v) is 3.71. The van der Waals surface area contributed by atoms with E-state index in [0.717, 1.165) is 5.69 Å². The second-order valence-electron chi connectivity index (χ2n) is 2.85. The lowest BCUT2D eigenvalue weighted by molar-refractivity contribution is 0.0953. The molecule has 2 aromatic rings. The van der Waals surface area contributed by atoms with Crippen LogP contribution in [0.3, 0.4) is 0 Å². The number of carbonyl (C=O) groups excluding carboxylic acids is 1. The van der Waals surface area contributed by atoms with Crippen LogP contribution in [0.4, 0.5) is 0 Å². The van der Waals surface area contributed by atoms with Crippen LogP contribution in [0.5, 0.6) is 0 Å². The van der Waals surface area contributed by atoms with Crippen LogP contribution in [0.1, 0.15) is 15.5 Å². The summed E-state index contributed by atoms with van der Waals surface area (Å²) in [6.07, 6.45) is 5.23. The highest BCUT2D eigenvalue weighted by molar-refractivity contribution is 7.11. The van der Waals surface area contributed by atoms with Crippen molar-refractivity contribution >= 4 is 17.2 Å². The lowest BCUT2D eigenvalue weighted by atomic mass is 10.5. The maximum absolute atomic E-state index is 11.1. The van der Waals surface area contributed by atoms with Crippen LogP contribution in [-0.4, -0.2) is 20.4 Å². The third kappa shape index (κ3) is 2.20. The van der Waals surface area contributed by atoms with Gasteiger partial charge in [-0.2, -0.15) is 0 Å². The molecule has 0 aliphatic rings. The molecule has 0 atom stereocenters. The van der Waals surface area contributed by atoms with E-state index >= 15 is 0 Å². The Bertz CT molecular complexity index is 449. The Hall–Kier alpha value is -1.73. The summed E-state index contributed by atoms with van der Waals surface area (Å²) < 4.78 is 1.87. The highest BCUT2D eigenvalue weighted by Crippen LogP contribution is 2.10. The minimum Gasteiger partial charge on any atom is -0.331 e. The summed E-state index contributed by atoms with van der Waals surface area (Å²) in [6, 6.07) is 0. The SMILES string of the molecule is NNC(=O)c1nc(Cn2ccnc2)cs1. The largest absolute Gasteiger partial charge is 0.331 e. The minimum absolute atomic E-state index is 0.364. The summed E-state index contributed by atoms with van der Waals surface area (Å²) in [5.74, 6) is 4.64. The maximum Gasteiger partial charge on any atom is 0.294 e. The predicted molar refractivity (Wildman–Crippen MR) is 55.1 cm³/mol. The van der Waals surface area contributed by atoms with Gasteiger partial charge in [-0.25, -0.2) is 15.8 Å². The number of nitrogen functional groups attached to an aromatic ring is 1. The smallest absolute Gasteiger partial charge is 0.294 e. The molecule has 0 aliphatic carbocycles. The number of thiazole rings is 1. The van der Waals surface area contributed by atoms with E-state index in [1.807, 2.05) is 21.6 Å². The fourth-order valence-corrected chi connectivity index (χ4v) is 1.82. The zero-order chi connectivity index (χ0) is 10.7. The van der Waals surface area contributed by atoms with Crippen LogP contribution < -0.4 is 11.3 Å². The van der Waals surface area contributed by atoms with Gasteiger partial charge in [-0.05, 0) is 0 Å². The first-order valence-electron chi connectivity index (χ1n) is 4.20. The minimum atomic E-state index is -0.364. The Morgan fingerprint density at radius 3 is 3.20 bits per heavy atom. The fourth-order valence-electron chi connectivity index (χ4n) is 1.11. The summed E-state index contributed by atoms with van der Waals surface area (Å²) >= 11 is 1.27. The molecule has 2 aromatic heterocycles. The number of hydrogen-bond donors (Lipinski definition) is 2. The van der Waals surface area contributed by atoms with Gasteiger partial charge in [0, 0.05) is 17.8 Å². The van der Waals surface area contributed by atoms with Gasteiger partial charge in [-0.3, -0.25) is 10.2 Å². The number of rotatable bonds is 3. The zero-order valence-electron chi connectivity index (χ0n) is 7.75. The van der Waals surface area contributed by atoms with Crippen molar-refractivity contribution in [2.45, 2.75) is 6.54 Å². The molecular weight excluding hydrogens is 214 g/mol. The number of carbonyl (C=O) groups is 1. The van der Waals surface area contributed by atoms with E-state index in [0.29, 0.717) is 11.6 Å². The molecule has 0 radical (unpaired) electrons. The van der Waals surface area contributed by atoms with Gasteiger partial charge in [0.05, 0.1) is 18.6 Å². The fraction of sp³-hybridized carbons (Fsp3) is 0.125. The summed E-state index contributed by atoms with van der Waals surface area (Å²) in [7, 11) is 0. The average Bonchev–Trinajstić information content (AvgIpc) is 2.88. The number of hydrogen-bond acceptors (Lipinski definition) is 5. The zero-order valence-corrected chi connectivity index (χ0v) is 8.57. The molecule has 0 aromatic carbocycles. The molecule has 6 nitrogen and oxygen atoms in total. The number of hydrazine groups is 1. The van der Waals surface area contributed by atoms with Gasteiger partial charge in [-0.15, -0.1) is 11.3 Å². The van der Waals surface area contributed by atoms with Crippen molar-refractivity contribution in [3.05, 3.63) is 34.8 Å². The van der Waals surface area contributed by atoms with Crippen LogP contribution in [0.25, 0.3) is 0 Å². The maximum atomic E-state index is 11.1. The highest BCUT2D eigenvalue weighted by atomic mass is 32.1. The van der Waals surface area contributed by atoms with E-state index in [2.05, 4.69) is 9.97 Å². The summed E-state index contributed by atoms with van der Waals surface area (Å²) in [6.45, 7) is 0.606. The molecule has 78 valence electrons. The molecule has 0 spiro atoms. The molecule has 0 aliphatic heterocycles. The van der Waals surface area contributed by atoms with Crippen LogP contribution in [0, 0.1) is 0 Å². The van der Waals surface area contributed by atoms with Crippen molar-refractivity contribution < 1.29 is 4.79 Å². The highest BCUT2D eigenvalue weighted by Gasteiger charge is 2.09. The molecule has 1 amide bonds. The van der Waals surface area contributed by atoms with Crippen molar-refractivity contribution in [2.24, 2.45) is 5.84 Å². The first-order valence-corrected chi connectivity index (χ1v) is 5.08. The lowest BCUT2D eigenvalue weighted by Gasteiger charge is -1.96. The molecule has 2 heterocycles. The number of nitrogens with zero attached hydrogens (tertiary/aromatic N) is 3. The number of aromatic nitrogens is 3. The lowest BCUT2D eigenvalue weighted by Crippen LogP contribution is -2.29. The first-order chi connectivity index (χ1) is 7.29. The van der Waals surface area contributed by atoms with Crippen LogP contribution >= 0.6 is 11.3 Å². The van der Waals surface area contributed by atoms with E-state index in [1.165, 1.54) is 11.3 Å². The van der Waals surface area contributed by atoms with Gasteiger partial charge >= 0.3 is 0 Å². The standard InChI is InChI=1S/C8H9N5OS/c9-12-7(14)8-11-6(4-15-8)3-13-2-1-10-5-13/h1-2,4-5H,3,9H2,(H,12,14). The Balaban J connectivity index is 2.11. The van der Waals surface area contributed by atoms with Gasteiger partial charge in [0.2, 0.25) is 0 Å². The molecule has 0 unspecified atom stereocenters. The average molecular weight is 223 g/mol. The van der Waals surface area contributed by atoms with Gasteiger partial charge in [0.25, 0.3) is 5.91 Å². The van der Waals surface area contributed by atoms with Crippen LogP contribution in [0.15, 0.2) is 24.1 Å². The Morgan fingerprint density at radius 1 is 1.67 bits per heavy atom. The van der Waals surface area contributed by atoms with Crippen molar-refractivity contribution in [1.29, 1.82) is 0 Å². The van der Waals surface area contributed by atoms with E-state index in [-0.39, 0.29) is 5.91 Å². The molecule has 7 heteroatoms. The molecule has 0 saturated heterocycles. The molecule has 0 fully saturated rings. The van der Waals surface area contributed by atoms with E-state index in [9.17, 15) is 4.79 Å². The molecular formula is C8H9N5OS. The molecule has 15 heavy (non-hydrogen) atoms. The second kappa shape index (κ2) is 4.20. The third-order valence-corrected chi connectivity index (χ3v) is 2.67. The van der Waals surface area contributed by atoms with Crippen LogP contribution in [-0.2, 0) is 6.54 Å². The predicted octanol–water partition coefficient (Wildman–Crippen LogP) is -0.00860. The first kappa shape index (κ1) is 9.81. The van der Waals surface area contributed by atoms with Crippen molar-refractivity contribution in [3.63, 3.8) is 0 Å². The van der Waals surface area contributed by atoms with E-state index in [1.54, 1.807) is 12.5 Å². The van der Waals surface area contributed by atoms with Gasteiger partial charge in [0.1, 0.15) is 0 Å². The monoisotopic (exact) mass is 223 g/mol. The number of nitrogens with one attached hydrogen (secondary N) is 1. The van der Waals surface area contributed by atoms with E-state index in [4.69, 9.17) is 5.84 Å². The number of amides is 1. The van der Waals surface area contributed by atoms with Gasteiger partial charge < -0.3 is 4.57 Å².